The van der Waals surface area contributed by atoms with Crippen LogP contribution in [0, 0.1) is 5.92 Å². The Balaban J connectivity index is -0.0000000293. The maximum atomic E-state index is 2.34. The molecule has 0 heteroatoms. The fraction of sp³-hybridized carbons (Fsp3) is 1.00. The van der Waals surface area contributed by atoms with Crippen molar-refractivity contribution in [2.75, 3.05) is 0 Å². The lowest BCUT2D eigenvalue weighted by Crippen LogP contribution is -1.91. The summed E-state index contributed by atoms with van der Waals surface area (Å²) in [4.78, 5) is 0. The maximum Gasteiger partial charge on any atom is -0.0443 e. The van der Waals surface area contributed by atoms with E-state index in [1.807, 2.05) is 55.4 Å². The first kappa shape index (κ1) is 43.5. The van der Waals surface area contributed by atoms with Crippen molar-refractivity contribution in [1.29, 1.82) is 0 Å². The SMILES string of the molecule is CC.CC.CC.CC.CCC.CCCC.CCCC(C)CCC. The first-order valence-corrected chi connectivity index (χ1v) is 11.1. The molecular weight excluding hydrogens is 276 g/mol. The van der Waals surface area contributed by atoms with E-state index in [0.29, 0.717) is 0 Å². The van der Waals surface area contributed by atoms with Gasteiger partial charge in [0, 0.05) is 0 Å². The van der Waals surface area contributed by atoms with Crippen molar-refractivity contribution in [3.8, 4) is 0 Å². The molecule has 23 heavy (non-hydrogen) atoms. The highest BCUT2D eigenvalue weighted by Crippen LogP contribution is 2.10. The zero-order chi connectivity index (χ0) is 20.5. The topological polar surface area (TPSA) is 0 Å². The van der Waals surface area contributed by atoms with E-state index in [1.54, 1.807) is 0 Å². The Labute approximate surface area is 155 Å². The molecule has 0 atom stereocenters. The van der Waals surface area contributed by atoms with E-state index in [9.17, 15) is 0 Å². The van der Waals surface area contributed by atoms with Crippen LogP contribution in [0.2, 0.25) is 0 Å². The molecule has 0 amide bonds. The highest BCUT2D eigenvalue weighted by atomic mass is 14.0. The number of hydrogen-bond acceptors (Lipinski definition) is 0. The smallest absolute Gasteiger partial charge is 0.0443 e. The van der Waals surface area contributed by atoms with Crippen LogP contribution in [0.4, 0.5) is 0 Å². The Morgan fingerprint density at radius 2 is 0.609 bits per heavy atom. The second-order valence-corrected chi connectivity index (χ2v) is 4.39. The summed E-state index contributed by atoms with van der Waals surface area (Å²) in [6, 6.07) is 0. The van der Waals surface area contributed by atoms with Crippen LogP contribution in [0.5, 0.6) is 0 Å². The Morgan fingerprint density at radius 1 is 0.435 bits per heavy atom. The second-order valence-electron chi connectivity index (χ2n) is 4.39. The summed E-state index contributed by atoms with van der Waals surface area (Å²) in [5.74, 6) is 0.963. The van der Waals surface area contributed by atoms with Gasteiger partial charge in [-0.1, -0.05) is 149 Å². The fourth-order valence-corrected chi connectivity index (χ4v) is 1.13. The van der Waals surface area contributed by atoms with Crippen molar-refractivity contribution < 1.29 is 0 Å². The van der Waals surface area contributed by atoms with Gasteiger partial charge in [-0.3, -0.25) is 0 Å². The lowest BCUT2D eigenvalue weighted by molar-refractivity contribution is 0.480. The highest BCUT2D eigenvalue weighted by molar-refractivity contribution is 4.48. The van der Waals surface area contributed by atoms with Crippen LogP contribution in [-0.2, 0) is 0 Å². The summed E-state index contributed by atoms with van der Waals surface area (Å²) in [6.07, 6.45) is 9.41. The Hall–Kier alpha value is 0. The predicted molar refractivity (Wildman–Crippen MR) is 121 cm³/mol. The van der Waals surface area contributed by atoms with E-state index >= 15 is 0 Å². The van der Waals surface area contributed by atoms with Gasteiger partial charge in [0.25, 0.3) is 0 Å². The van der Waals surface area contributed by atoms with E-state index in [-0.39, 0.29) is 0 Å². The standard InChI is InChI=1S/C8H18.C4H10.C3H8.4C2H6/c1-4-6-8(3)7-5-2;1-3-4-2;1-3-2;4*1-2/h8H,4-7H2,1-3H3;3-4H2,1-2H3;3H2,1-2H3;4*1-2H3. The van der Waals surface area contributed by atoms with Crippen LogP contribution in [0.3, 0.4) is 0 Å². The normalized spacial score (nSPS) is 6.78. The third-order valence-corrected chi connectivity index (χ3v) is 2.06. The summed E-state index contributed by atoms with van der Waals surface area (Å²) in [5, 5.41) is 0. The van der Waals surface area contributed by atoms with Crippen LogP contribution >= 0.6 is 0 Å². The summed E-state index contributed by atoms with van der Waals surface area (Å²) in [5.41, 5.74) is 0. The maximum absolute atomic E-state index is 2.34. The zero-order valence-corrected chi connectivity index (χ0v) is 20.5. The monoisotopic (exact) mass is 336 g/mol. The van der Waals surface area contributed by atoms with Crippen molar-refractivity contribution in [2.45, 2.75) is 149 Å². The molecule has 0 N–H and O–H groups in total. The van der Waals surface area contributed by atoms with Gasteiger partial charge in [0.1, 0.15) is 0 Å². The number of rotatable bonds is 5. The summed E-state index contributed by atoms with van der Waals surface area (Å²) >= 11 is 0. The van der Waals surface area contributed by atoms with Gasteiger partial charge in [-0.05, 0) is 5.92 Å². The molecule has 0 saturated heterocycles. The van der Waals surface area contributed by atoms with Crippen LogP contribution < -0.4 is 0 Å². The lowest BCUT2D eigenvalue weighted by atomic mass is 10.0. The minimum absolute atomic E-state index is 0.963. The highest BCUT2D eigenvalue weighted by Gasteiger charge is 1.95. The minimum atomic E-state index is 0.963. The zero-order valence-electron chi connectivity index (χ0n) is 20.5. The molecule has 0 aromatic heterocycles. The minimum Gasteiger partial charge on any atom is -0.0683 e. The van der Waals surface area contributed by atoms with E-state index in [0.717, 1.165) is 5.92 Å². The molecule has 0 saturated carbocycles. The molecule has 0 fully saturated rings. The third kappa shape index (κ3) is 180. The fourth-order valence-electron chi connectivity index (χ4n) is 1.13. The predicted octanol–water partition coefficient (Wildman–Crippen LogP) is 10.6. The molecule has 0 radical (unpaired) electrons. The largest absolute Gasteiger partial charge is 0.0683 e. The van der Waals surface area contributed by atoms with Gasteiger partial charge in [-0.15, -0.1) is 0 Å². The van der Waals surface area contributed by atoms with Gasteiger partial charge in [-0.25, -0.2) is 0 Å². The Morgan fingerprint density at radius 3 is 0.696 bits per heavy atom. The van der Waals surface area contributed by atoms with E-state index in [2.05, 4.69) is 48.5 Å². The molecule has 0 spiro atoms. The van der Waals surface area contributed by atoms with Crippen LogP contribution in [0.1, 0.15) is 149 Å². The molecule has 0 rings (SSSR count). The molecule has 0 nitrogen and oxygen atoms in total. The van der Waals surface area contributed by atoms with E-state index in [4.69, 9.17) is 0 Å². The Kier molecular flexibility index (Phi) is 183. The van der Waals surface area contributed by atoms with Gasteiger partial charge < -0.3 is 0 Å². The molecule has 0 aliphatic heterocycles. The van der Waals surface area contributed by atoms with Crippen molar-refractivity contribution in [3.05, 3.63) is 0 Å². The Bertz CT molecular complexity index is 58.4. The van der Waals surface area contributed by atoms with E-state index < -0.39 is 0 Å². The molecule has 0 aromatic rings. The first-order chi connectivity index (χ1) is 11.1. The van der Waals surface area contributed by atoms with Crippen LogP contribution in [0.15, 0.2) is 0 Å². The molecule has 0 aromatic carbocycles. The number of unbranched alkanes of at least 4 members (excludes halogenated alkanes) is 1. The average molecular weight is 337 g/mol. The van der Waals surface area contributed by atoms with Crippen LogP contribution in [-0.4, -0.2) is 0 Å². The summed E-state index contributed by atoms with van der Waals surface area (Å²) in [6.45, 7) is 31.5. The van der Waals surface area contributed by atoms with Gasteiger partial charge in [0.15, 0.2) is 0 Å². The van der Waals surface area contributed by atoms with E-state index in [1.165, 1.54) is 44.9 Å². The van der Waals surface area contributed by atoms with Crippen molar-refractivity contribution in [3.63, 3.8) is 0 Å². The van der Waals surface area contributed by atoms with Crippen molar-refractivity contribution in [1.82, 2.24) is 0 Å². The number of hydrogen-bond donors (Lipinski definition) is 0. The molecule has 0 bridgehead atoms. The second kappa shape index (κ2) is 97.0. The first-order valence-electron chi connectivity index (χ1n) is 11.1. The average Bonchev–Trinajstić information content (AvgIpc) is 2.63. The third-order valence-electron chi connectivity index (χ3n) is 2.06. The van der Waals surface area contributed by atoms with Gasteiger partial charge in [0.2, 0.25) is 0 Å². The van der Waals surface area contributed by atoms with Crippen molar-refractivity contribution in [2.24, 2.45) is 5.92 Å². The molecule has 0 unspecified atom stereocenters. The van der Waals surface area contributed by atoms with Gasteiger partial charge >= 0.3 is 0 Å². The summed E-state index contributed by atoms with van der Waals surface area (Å²) < 4.78 is 0. The molecule has 152 valence electrons. The lowest BCUT2D eigenvalue weighted by Gasteiger charge is -2.05. The van der Waals surface area contributed by atoms with Crippen molar-refractivity contribution >= 4 is 0 Å². The molecule has 0 aliphatic rings. The summed E-state index contributed by atoms with van der Waals surface area (Å²) in [7, 11) is 0. The molecule has 0 aliphatic carbocycles. The van der Waals surface area contributed by atoms with Gasteiger partial charge in [0.05, 0.1) is 0 Å². The molecular formula is C23H60. The van der Waals surface area contributed by atoms with Gasteiger partial charge in [-0.2, -0.15) is 0 Å². The quantitative estimate of drug-likeness (QED) is 0.468. The van der Waals surface area contributed by atoms with Crippen LogP contribution in [0.25, 0.3) is 0 Å². The molecule has 0 heterocycles.